The van der Waals surface area contributed by atoms with Crippen molar-refractivity contribution in [2.45, 2.75) is 6.42 Å². The summed E-state index contributed by atoms with van der Waals surface area (Å²) < 4.78 is 0. The van der Waals surface area contributed by atoms with Crippen molar-refractivity contribution in [1.29, 1.82) is 0 Å². The van der Waals surface area contributed by atoms with Gasteiger partial charge in [-0.3, -0.25) is 9.59 Å². The predicted molar refractivity (Wildman–Crippen MR) is 46.2 cm³/mol. The highest BCUT2D eigenvalue weighted by Gasteiger charge is 2.18. The second kappa shape index (κ2) is 2.60. The van der Waals surface area contributed by atoms with Crippen LogP contribution in [0.25, 0.3) is 0 Å². The van der Waals surface area contributed by atoms with E-state index in [4.69, 9.17) is 0 Å². The van der Waals surface area contributed by atoms with E-state index in [1.165, 1.54) is 11.3 Å². The van der Waals surface area contributed by atoms with Crippen LogP contribution < -0.4 is 10.6 Å². The molecule has 0 saturated heterocycles. The van der Waals surface area contributed by atoms with Gasteiger partial charge in [0.05, 0.1) is 5.69 Å². The van der Waals surface area contributed by atoms with E-state index in [9.17, 15) is 9.59 Å². The van der Waals surface area contributed by atoms with Gasteiger partial charge in [-0.2, -0.15) is 0 Å². The minimum Gasteiger partial charge on any atom is -0.323 e. The molecule has 0 aliphatic carbocycles. The molecule has 2 rings (SSSR count). The molecule has 0 fully saturated rings. The average molecular weight is 182 g/mol. The maximum absolute atomic E-state index is 11.0. The molecule has 4 nitrogen and oxygen atoms in total. The van der Waals surface area contributed by atoms with Gasteiger partial charge in [0.15, 0.2) is 0 Å². The fourth-order valence-electron chi connectivity index (χ4n) is 1.02. The molecule has 0 radical (unpaired) electrons. The average Bonchev–Trinajstić information content (AvgIpc) is 2.31. The molecule has 12 heavy (non-hydrogen) atoms. The quantitative estimate of drug-likeness (QED) is 0.589. The molecule has 0 saturated carbocycles. The lowest BCUT2D eigenvalue weighted by Gasteiger charge is -1.96. The van der Waals surface area contributed by atoms with Crippen molar-refractivity contribution in [3.05, 3.63) is 11.4 Å². The van der Waals surface area contributed by atoms with Gasteiger partial charge in [0.1, 0.15) is 11.4 Å². The number of thiophene rings is 1. The van der Waals surface area contributed by atoms with Crippen molar-refractivity contribution < 1.29 is 9.59 Å². The van der Waals surface area contributed by atoms with Crippen LogP contribution >= 0.6 is 11.3 Å². The monoisotopic (exact) mass is 182 g/mol. The fourth-order valence-corrected chi connectivity index (χ4v) is 1.77. The summed E-state index contributed by atoms with van der Waals surface area (Å²) in [5.74, 6) is -0.515. The first-order chi connectivity index (χ1) is 5.75. The zero-order chi connectivity index (χ0) is 8.55. The highest BCUT2D eigenvalue weighted by Crippen LogP contribution is 2.30. The molecule has 0 bridgehead atoms. The van der Waals surface area contributed by atoms with E-state index < -0.39 is 0 Å². The van der Waals surface area contributed by atoms with Crippen molar-refractivity contribution >= 4 is 33.8 Å². The number of nitrogens with one attached hydrogen (secondary N) is 2. The van der Waals surface area contributed by atoms with Gasteiger partial charge in [-0.05, 0) is 11.4 Å². The summed E-state index contributed by atoms with van der Waals surface area (Å²) in [6.45, 7) is 0. The lowest BCUT2D eigenvalue weighted by atomic mass is 10.4. The number of fused-ring (bicyclic) bond motifs is 1. The Kier molecular flexibility index (Phi) is 1.58. The maximum Gasteiger partial charge on any atom is 0.234 e. The molecule has 1 aliphatic heterocycles. The Morgan fingerprint density at radius 3 is 2.83 bits per heavy atom. The SMILES string of the molecule is O=C1CC(=O)Nc2sccc2N1. The number of hydrogen-bond donors (Lipinski definition) is 2. The lowest BCUT2D eigenvalue weighted by Crippen LogP contribution is -2.16. The molecule has 2 N–H and O–H groups in total. The highest BCUT2D eigenvalue weighted by atomic mass is 32.1. The number of amides is 2. The Balaban J connectivity index is 2.39. The summed E-state index contributed by atoms with van der Waals surface area (Å²) in [5, 5.41) is 7.78. The smallest absolute Gasteiger partial charge is 0.234 e. The summed E-state index contributed by atoms with van der Waals surface area (Å²) in [6, 6.07) is 1.77. The number of rotatable bonds is 0. The van der Waals surface area contributed by atoms with Gasteiger partial charge in [0, 0.05) is 0 Å². The van der Waals surface area contributed by atoms with Crippen molar-refractivity contribution in [2.24, 2.45) is 0 Å². The Labute approximate surface area is 72.6 Å². The van der Waals surface area contributed by atoms with Crippen LogP contribution in [0, 0.1) is 0 Å². The number of carbonyl (C=O) groups is 2. The van der Waals surface area contributed by atoms with Crippen LogP contribution in [-0.4, -0.2) is 11.8 Å². The van der Waals surface area contributed by atoms with Crippen LogP contribution in [0.2, 0.25) is 0 Å². The minimum absolute atomic E-state index is 0.0958. The molecular formula is C7H6N2O2S. The first kappa shape index (κ1) is 7.30. The molecule has 0 spiro atoms. The van der Waals surface area contributed by atoms with Gasteiger partial charge in [-0.15, -0.1) is 11.3 Å². The van der Waals surface area contributed by atoms with E-state index in [0.29, 0.717) is 10.7 Å². The Hall–Kier alpha value is -1.36. The molecule has 2 amide bonds. The Morgan fingerprint density at radius 1 is 1.25 bits per heavy atom. The molecule has 1 aromatic heterocycles. The van der Waals surface area contributed by atoms with Crippen LogP contribution in [-0.2, 0) is 9.59 Å². The molecular weight excluding hydrogens is 176 g/mol. The zero-order valence-corrected chi connectivity index (χ0v) is 6.90. The second-order valence-electron chi connectivity index (χ2n) is 2.44. The molecule has 0 aromatic carbocycles. The third kappa shape index (κ3) is 1.18. The third-order valence-electron chi connectivity index (χ3n) is 1.51. The molecule has 1 aliphatic rings. The van der Waals surface area contributed by atoms with E-state index >= 15 is 0 Å². The first-order valence-electron chi connectivity index (χ1n) is 3.43. The third-order valence-corrected chi connectivity index (χ3v) is 2.34. The van der Waals surface area contributed by atoms with E-state index in [2.05, 4.69) is 10.6 Å². The van der Waals surface area contributed by atoms with Gasteiger partial charge in [0.25, 0.3) is 0 Å². The van der Waals surface area contributed by atoms with Crippen molar-refractivity contribution in [1.82, 2.24) is 0 Å². The Bertz CT molecular complexity index is 314. The predicted octanol–water partition coefficient (Wildman–Crippen LogP) is 1.03. The van der Waals surface area contributed by atoms with Gasteiger partial charge in [-0.25, -0.2) is 0 Å². The second-order valence-corrected chi connectivity index (χ2v) is 3.35. The Morgan fingerprint density at radius 2 is 2.00 bits per heavy atom. The van der Waals surface area contributed by atoms with Crippen LogP contribution in [0.15, 0.2) is 11.4 Å². The van der Waals surface area contributed by atoms with E-state index in [0.717, 1.165) is 0 Å². The van der Waals surface area contributed by atoms with E-state index in [1.807, 2.05) is 5.38 Å². The summed E-state index contributed by atoms with van der Waals surface area (Å²) in [6.07, 6.45) is -0.0958. The normalized spacial score (nSPS) is 16.0. The number of hydrogen-bond acceptors (Lipinski definition) is 3. The standard InChI is InChI=1S/C7H6N2O2S/c10-5-3-6(11)9-7-4(8-5)1-2-12-7/h1-2H,3H2,(H,8,10)(H,9,11). The lowest BCUT2D eigenvalue weighted by molar-refractivity contribution is -0.123. The number of anilines is 2. The van der Waals surface area contributed by atoms with E-state index in [1.54, 1.807) is 6.07 Å². The van der Waals surface area contributed by atoms with Crippen LogP contribution in [0.5, 0.6) is 0 Å². The molecule has 0 atom stereocenters. The van der Waals surface area contributed by atoms with Crippen LogP contribution in [0.3, 0.4) is 0 Å². The van der Waals surface area contributed by atoms with Gasteiger partial charge < -0.3 is 10.6 Å². The molecule has 62 valence electrons. The fraction of sp³-hybridized carbons (Fsp3) is 0.143. The van der Waals surface area contributed by atoms with Crippen LogP contribution in [0.4, 0.5) is 10.7 Å². The molecule has 2 heterocycles. The van der Waals surface area contributed by atoms with Crippen molar-refractivity contribution in [3.8, 4) is 0 Å². The maximum atomic E-state index is 11.0. The first-order valence-corrected chi connectivity index (χ1v) is 4.31. The summed E-state index contributed by atoms with van der Waals surface area (Å²) in [7, 11) is 0. The molecule has 0 unspecified atom stereocenters. The van der Waals surface area contributed by atoms with Crippen molar-refractivity contribution in [2.75, 3.05) is 10.6 Å². The van der Waals surface area contributed by atoms with Gasteiger partial charge >= 0.3 is 0 Å². The molecule has 5 heteroatoms. The highest BCUT2D eigenvalue weighted by molar-refractivity contribution is 7.15. The summed E-state index contributed by atoms with van der Waals surface area (Å²) >= 11 is 1.40. The minimum atomic E-state index is -0.260. The van der Waals surface area contributed by atoms with Gasteiger partial charge in [-0.1, -0.05) is 0 Å². The number of carbonyl (C=O) groups excluding carboxylic acids is 2. The summed E-state index contributed by atoms with van der Waals surface area (Å²) in [4.78, 5) is 22.0. The topological polar surface area (TPSA) is 58.2 Å². The van der Waals surface area contributed by atoms with Gasteiger partial charge in [0.2, 0.25) is 11.8 Å². The van der Waals surface area contributed by atoms with Crippen molar-refractivity contribution in [3.63, 3.8) is 0 Å². The largest absolute Gasteiger partial charge is 0.323 e. The molecule has 1 aromatic rings. The van der Waals surface area contributed by atoms with Crippen LogP contribution in [0.1, 0.15) is 6.42 Å². The summed E-state index contributed by atoms with van der Waals surface area (Å²) in [5.41, 5.74) is 0.691. The van der Waals surface area contributed by atoms with E-state index in [-0.39, 0.29) is 18.2 Å². The zero-order valence-electron chi connectivity index (χ0n) is 6.09.